The van der Waals surface area contributed by atoms with E-state index in [1.165, 1.54) is 5.56 Å². The monoisotopic (exact) mass is 425 g/mol. The van der Waals surface area contributed by atoms with Crippen LogP contribution in [0.4, 0.5) is 0 Å². The SMILES string of the molecule is [2H]Cc1ccc(C(C)(c2ccc(O[2H])cc2)c2ccc(C(C)(C)c3ccc(O[2H])cc3)cc2)cc1. The van der Waals surface area contributed by atoms with Crippen LogP contribution in [0.15, 0.2) is 97.1 Å². The molecule has 0 aliphatic heterocycles. The molecule has 0 aliphatic carbocycles. The molecule has 1 atom stereocenters. The Kier molecular flexibility index (Phi) is 4.63. The second-order valence-corrected chi connectivity index (χ2v) is 9.07. The fraction of sp³-hybridized carbons (Fsp3) is 0.200. The van der Waals surface area contributed by atoms with Gasteiger partial charge in [0.05, 0.1) is 0 Å². The molecule has 0 amide bonds. The number of hydrogen-bond acceptors (Lipinski definition) is 2. The van der Waals surface area contributed by atoms with Crippen LogP contribution in [0.2, 0.25) is 0 Å². The van der Waals surface area contributed by atoms with Gasteiger partial charge in [-0.25, -0.2) is 0 Å². The van der Waals surface area contributed by atoms with Gasteiger partial charge in [-0.2, -0.15) is 0 Å². The number of aromatic hydroxyl groups is 2. The van der Waals surface area contributed by atoms with Crippen LogP contribution in [-0.2, 0) is 10.8 Å². The summed E-state index contributed by atoms with van der Waals surface area (Å²) in [4.78, 5) is 0. The first-order valence-electron chi connectivity index (χ1n) is 12.3. The largest absolute Gasteiger partial charge is 0.508 e. The van der Waals surface area contributed by atoms with Gasteiger partial charge in [0, 0.05) is 12.2 Å². The Hall–Kier alpha value is -3.52. The lowest BCUT2D eigenvalue weighted by atomic mass is 9.70. The summed E-state index contributed by atoms with van der Waals surface area (Å²) in [6, 6.07) is 32.3. The molecule has 4 aromatic carbocycles. The van der Waals surface area contributed by atoms with E-state index in [2.05, 4.69) is 67.4 Å². The van der Waals surface area contributed by atoms with Gasteiger partial charge in [0.15, 0.2) is 0 Å². The van der Waals surface area contributed by atoms with Crippen molar-refractivity contribution in [3.05, 3.63) is 130 Å². The van der Waals surface area contributed by atoms with E-state index in [1.54, 1.807) is 0 Å². The van der Waals surface area contributed by atoms with Gasteiger partial charge in [0.1, 0.15) is 11.5 Å². The van der Waals surface area contributed by atoms with Crippen molar-refractivity contribution in [3.8, 4) is 11.5 Å². The van der Waals surface area contributed by atoms with E-state index in [0.29, 0.717) is 11.5 Å². The molecule has 0 saturated carbocycles. The van der Waals surface area contributed by atoms with E-state index in [-0.39, 0.29) is 12.3 Å². The van der Waals surface area contributed by atoms with Crippen molar-refractivity contribution in [2.45, 2.75) is 38.5 Å². The fourth-order valence-corrected chi connectivity index (χ4v) is 4.38. The average Bonchev–Trinajstić information content (AvgIpc) is 2.92. The Labute approximate surface area is 195 Å². The van der Waals surface area contributed by atoms with Crippen LogP contribution in [0.25, 0.3) is 0 Å². The summed E-state index contributed by atoms with van der Waals surface area (Å²) in [5.74, 6) is 1.02. The zero-order chi connectivity index (χ0) is 25.1. The van der Waals surface area contributed by atoms with Crippen molar-refractivity contribution in [1.82, 2.24) is 0 Å². The first-order chi connectivity index (χ1) is 16.8. The van der Waals surface area contributed by atoms with Crippen LogP contribution >= 0.6 is 0 Å². The molecule has 2 N–H and O–H groups in total. The molecule has 32 heavy (non-hydrogen) atoms. The minimum Gasteiger partial charge on any atom is -0.508 e. The van der Waals surface area contributed by atoms with E-state index in [1.807, 2.05) is 60.7 Å². The number of phenolic OH excluding ortho intramolecular Hbond substituents is 2. The quantitative estimate of drug-likeness (QED) is 0.310. The fourth-order valence-electron chi connectivity index (χ4n) is 4.38. The van der Waals surface area contributed by atoms with E-state index in [0.717, 1.165) is 27.8 Å². The molecule has 1 unspecified atom stereocenters. The second-order valence-electron chi connectivity index (χ2n) is 9.07. The molecule has 0 aliphatic rings. The molecule has 0 aromatic heterocycles. The first kappa shape index (κ1) is 18.1. The molecule has 0 heterocycles. The topological polar surface area (TPSA) is 40.5 Å². The maximum atomic E-state index is 7.67. The summed E-state index contributed by atoms with van der Waals surface area (Å²) in [5, 5.41) is 9.22. The number of rotatable bonds is 7. The Bertz CT molecular complexity index is 1200. The summed E-state index contributed by atoms with van der Waals surface area (Å²) in [7, 11) is 0. The van der Waals surface area contributed by atoms with Crippen LogP contribution < -0.4 is 0 Å². The third-order valence-electron chi connectivity index (χ3n) is 6.72. The first-order valence-corrected chi connectivity index (χ1v) is 10.8. The van der Waals surface area contributed by atoms with Gasteiger partial charge in [0.2, 0.25) is 0 Å². The zero-order valence-corrected chi connectivity index (χ0v) is 18.8. The highest BCUT2D eigenvalue weighted by molar-refractivity contribution is 5.52. The van der Waals surface area contributed by atoms with Gasteiger partial charge in [-0.05, 0) is 65.9 Å². The van der Waals surface area contributed by atoms with Gasteiger partial charge in [-0.3, -0.25) is 0 Å². The van der Waals surface area contributed by atoms with E-state index < -0.39 is 5.41 Å². The summed E-state index contributed by atoms with van der Waals surface area (Å²) in [6.07, 6.45) is 0. The highest BCUT2D eigenvalue weighted by Gasteiger charge is 2.32. The summed E-state index contributed by atoms with van der Waals surface area (Å²) < 4.78 is 21.9. The molecule has 162 valence electrons. The molecule has 0 saturated heterocycles. The van der Waals surface area contributed by atoms with E-state index in [9.17, 15) is 0 Å². The Morgan fingerprint density at radius 1 is 0.531 bits per heavy atom. The maximum Gasteiger partial charge on any atom is 0.293 e. The second kappa shape index (κ2) is 8.20. The van der Waals surface area contributed by atoms with E-state index in [4.69, 9.17) is 4.23 Å². The minimum absolute atomic E-state index is 0.224. The van der Waals surface area contributed by atoms with Gasteiger partial charge >= 0.3 is 0 Å². The van der Waals surface area contributed by atoms with Gasteiger partial charge < -0.3 is 10.2 Å². The molecule has 0 fully saturated rings. The van der Waals surface area contributed by atoms with E-state index >= 15 is 0 Å². The highest BCUT2D eigenvalue weighted by atomic mass is 16.3. The Balaban J connectivity index is 1.77. The number of phenols is 2. The van der Waals surface area contributed by atoms with Crippen molar-refractivity contribution in [1.29, 1.82) is 2.86 Å². The van der Waals surface area contributed by atoms with Crippen molar-refractivity contribution in [3.63, 3.8) is 0 Å². The van der Waals surface area contributed by atoms with Crippen LogP contribution in [0.5, 0.6) is 11.5 Å². The zero-order valence-electron chi connectivity index (χ0n) is 21.8. The summed E-state index contributed by atoms with van der Waals surface area (Å²) >= 11 is 0. The maximum absolute atomic E-state index is 7.67. The molecule has 0 spiro atoms. The molecular formula is C30H30O2. The van der Waals surface area contributed by atoms with Gasteiger partial charge in [-0.15, -0.1) is 0 Å². The molecule has 0 radical (unpaired) electrons. The Morgan fingerprint density at radius 2 is 0.875 bits per heavy atom. The number of hydrogen-bond donors (Lipinski definition) is 2. The summed E-state index contributed by atoms with van der Waals surface area (Å²) in [5.41, 5.74) is 6.02. The molecular weight excluding hydrogens is 392 g/mol. The molecule has 2 heteroatoms. The number of benzene rings is 4. The average molecular weight is 426 g/mol. The standard InChI is InChI=1S/C30H30O2/c1-21-5-7-24(8-6-21)30(4,26-15-19-28(32)20-16-26)25-11-9-22(10-12-25)29(2,3)23-13-17-27(31)18-14-23/h5-20,31-32H,1-4H3/i1D/hD2. The molecule has 4 aromatic rings. The lowest BCUT2D eigenvalue weighted by molar-refractivity contribution is 0.474. The smallest absolute Gasteiger partial charge is 0.293 e. The highest BCUT2D eigenvalue weighted by Crippen LogP contribution is 2.41. The lowest BCUT2D eigenvalue weighted by Crippen LogP contribution is -2.26. The van der Waals surface area contributed by atoms with Gasteiger partial charge in [0.25, 0.3) is 2.86 Å². The predicted octanol–water partition coefficient (Wildman–Crippen LogP) is 7.09. The molecule has 4 rings (SSSR count). The number of aryl methyl sites for hydroxylation is 1. The van der Waals surface area contributed by atoms with Crippen LogP contribution in [0.1, 0.15) is 55.5 Å². The minimum atomic E-state index is -0.434. The predicted molar refractivity (Wildman–Crippen MR) is 132 cm³/mol. The molecule has 2 nitrogen and oxygen atoms in total. The van der Waals surface area contributed by atoms with Crippen LogP contribution in [0, 0.1) is 6.90 Å². The third kappa shape index (κ3) is 3.89. The van der Waals surface area contributed by atoms with Crippen molar-refractivity contribution in [2.75, 3.05) is 0 Å². The Morgan fingerprint density at radius 3 is 1.28 bits per heavy atom. The summed E-state index contributed by atoms with van der Waals surface area (Å²) in [6.45, 7) is 6.85. The van der Waals surface area contributed by atoms with Gasteiger partial charge in [-0.1, -0.05) is 92.2 Å². The lowest BCUT2D eigenvalue weighted by Gasteiger charge is -2.33. The van der Waals surface area contributed by atoms with Crippen molar-refractivity contribution < 1.29 is 11.6 Å². The normalized spacial score (nSPS) is 14.5. The van der Waals surface area contributed by atoms with Crippen LogP contribution in [0.3, 0.4) is 0 Å². The van der Waals surface area contributed by atoms with Crippen LogP contribution in [-0.4, -0.2) is 13.1 Å². The van der Waals surface area contributed by atoms with Crippen molar-refractivity contribution in [2.24, 2.45) is 0 Å². The third-order valence-corrected chi connectivity index (χ3v) is 6.72. The molecule has 0 bridgehead atoms. The van der Waals surface area contributed by atoms with Crippen molar-refractivity contribution >= 4 is 0 Å².